The monoisotopic (exact) mass is 683 g/mol. The Labute approximate surface area is 296 Å². The van der Waals surface area contributed by atoms with Gasteiger partial charge in [0.15, 0.2) is 0 Å². The van der Waals surface area contributed by atoms with E-state index in [0.717, 1.165) is 93.2 Å². The number of nitrogens with zero attached hydrogens (tertiary/aromatic N) is 1. The summed E-state index contributed by atoms with van der Waals surface area (Å²) in [6.07, 6.45) is 17.0. The van der Waals surface area contributed by atoms with Crippen molar-refractivity contribution >= 4 is 28.5 Å². The van der Waals surface area contributed by atoms with Gasteiger partial charge in [-0.15, -0.1) is 0 Å². The van der Waals surface area contributed by atoms with Gasteiger partial charge in [0.1, 0.15) is 11.1 Å². The number of anilines is 1. The second kappa shape index (κ2) is 13.1. The molecule has 3 N–H and O–H groups in total. The lowest BCUT2D eigenvalue weighted by Crippen LogP contribution is -2.50. The molecule has 0 bridgehead atoms. The van der Waals surface area contributed by atoms with E-state index >= 15 is 0 Å². The van der Waals surface area contributed by atoms with Gasteiger partial charge in [-0.1, -0.05) is 32.4 Å². The maximum absolute atomic E-state index is 13.1. The SMILES string of the molecule is CC(CCC(=O)NCCNC(=O)c1cc2cc3c4c(c2oc1=O)CCCN4CCC3)C1CCC2C3CC=C4CC(O)CCC4(C)C3CCC12C. The third kappa shape index (κ3) is 5.72. The number of carbonyl (C=O) groups is 2. The summed E-state index contributed by atoms with van der Waals surface area (Å²) in [5, 5.41) is 17.0. The molecule has 270 valence electrons. The molecular formula is C42H57N3O5. The van der Waals surface area contributed by atoms with Crippen LogP contribution >= 0.6 is 0 Å². The lowest BCUT2D eigenvalue weighted by atomic mass is 9.47. The number of aliphatic hydroxyl groups is 1. The second-order valence-electron chi connectivity index (χ2n) is 17.4. The Morgan fingerprint density at radius 3 is 2.66 bits per heavy atom. The molecule has 1 aromatic heterocycles. The van der Waals surface area contributed by atoms with Crippen LogP contribution in [0.5, 0.6) is 0 Å². The van der Waals surface area contributed by atoms with E-state index in [1.165, 1.54) is 48.9 Å². The average molecular weight is 684 g/mol. The Morgan fingerprint density at radius 2 is 1.82 bits per heavy atom. The summed E-state index contributed by atoms with van der Waals surface area (Å²) in [5.74, 6) is 2.92. The van der Waals surface area contributed by atoms with Gasteiger partial charge < -0.3 is 25.1 Å². The largest absolute Gasteiger partial charge is 0.422 e. The van der Waals surface area contributed by atoms with Gasteiger partial charge in [-0.05, 0) is 142 Å². The van der Waals surface area contributed by atoms with E-state index in [1.807, 2.05) is 0 Å². The highest BCUT2D eigenvalue weighted by molar-refractivity contribution is 5.98. The van der Waals surface area contributed by atoms with Gasteiger partial charge in [0.2, 0.25) is 5.91 Å². The Balaban J connectivity index is 0.824. The summed E-state index contributed by atoms with van der Waals surface area (Å²) in [7, 11) is 0. The summed E-state index contributed by atoms with van der Waals surface area (Å²) >= 11 is 0. The van der Waals surface area contributed by atoms with Gasteiger partial charge in [0.25, 0.3) is 5.91 Å². The first-order valence-corrected chi connectivity index (χ1v) is 19.9. The fraction of sp³-hybridized carbons (Fsp3) is 0.690. The summed E-state index contributed by atoms with van der Waals surface area (Å²) in [4.78, 5) is 41.3. The molecule has 0 radical (unpaired) electrons. The number of aliphatic hydroxyl groups excluding tert-OH is 1. The molecule has 2 amide bonds. The van der Waals surface area contributed by atoms with Crippen LogP contribution in [0, 0.1) is 40.4 Å². The molecule has 2 aliphatic heterocycles. The van der Waals surface area contributed by atoms with E-state index in [4.69, 9.17) is 4.42 Å². The standard InChI is InChI=1S/C42H57N3O5/c1-25(33-11-12-34-30-10-9-28-24-29(46)14-16-41(28,2)35(30)15-17-42(33,34)3)8-13-36(47)43-18-19-44-39(48)32-23-27-22-26-6-4-20-45-21-5-7-31(37(26)45)38(27)50-40(32)49/h9,22-23,25,29-30,33-35,46H,4-8,10-21,24H2,1-3H3,(H,43,47)(H,44,48). The van der Waals surface area contributed by atoms with Gasteiger partial charge in [-0.2, -0.15) is 0 Å². The third-order valence-electron chi connectivity index (χ3n) is 14.9. The molecular weight excluding hydrogens is 626 g/mol. The topological polar surface area (TPSA) is 112 Å². The smallest absolute Gasteiger partial charge is 0.349 e. The fourth-order valence-corrected chi connectivity index (χ4v) is 12.3. The summed E-state index contributed by atoms with van der Waals surface area (Å²) < 4.78 is 5.80. The maximum Gasteiger partial charge on any atom is 0.349 e. The Morgan fingerprint density at radius 1 is 1.02 bits per heavy atom. The number of carbonyl (C=O) groups excluding carboxylic acids is 2. The van der Waals surface area contributed by atoms with Crippen LogP contribution < -0.4 is 21.2 Å². The van der Waals surface area contributed by atoms with Gasteiger partial charge in [0.05, 0.1) is 6.10 Å². The zero-order chi connectivity index (χ0) is 34.8. The van der Waals surface area contributed by atoms with Crippen LogP contribution in [-0.4, -0.2) is 49.2 Å². The van der Waals surface area contributed by atoms with Crippen LogP contribution in [0.1, 0.15) is 119 Å². The number of allylic oxidation sites excluding steroid dienone is 1. The molecule has 0 saturated heterocycles. The minimum absolute atomic E-state index is 0.0157. The first-order chi connectivity index (χ1) is 24.1. The highest BCUT2D eigenvalue weighted by Gasteiger charge is 2.59. The van der Waals surface area contributed by atoms with Crippen LogP contribution in [0.15, 0.2) is 33.0 Å². The van der Waals surface area contributed by atoms with Crippen LogP contribution in [0.2, 0.25) is 0 Å². The van der Waals surface area contributed by atoms with Gasteiger partial charge in [-0.25, -0.2) is 4.79 Å². The van der Waals surface area contributed by atoms with Crippen LogP contribution in [0.4, 0.5) is 5.69 Å². The zero-order valence-electron chi connectivity index (χ0n) is 30.5. The van der Waals surface area contributed by atoms with E-state index in [-0.39, 0.29) is 29.5 Å². The number of aryl methyl sites for hydroxylation is 2. The number of rotatable bonds is 8. The molecule has 50 heavy (non-hydrogen) atoms. The van der Waals surface area contributed by atoms with Crippen molar-refractivity contribution in [2.24, 2.45) is 40.4 Å². The molecule has 6 aliphatic rings. The molecule has 3 heterocycles. The van der Waals surface area contributed by atoms with Crippen molar-refractivity contribution in [3.8, 4) is 0 Å². The highest BCUT2D eigenvalue weighted by Crippen LogP contribution is 2.67. The van der Waals surface area contributed by atoms with E-state index < -0.39 is 11.5 Å². The molecule has 8 rings (SSSR count). The van der Waals surface area contributed by atoms with Crippen molar-refractivity contribution in [2.75, 3.05) is 31.1 Å². The van der Waals surface area contributed by atoms with E-state index in [0.29, 0.717) is 35.8 Å². The molecule has 8 unspecified atom stereocenters. The Kier molecular flexibility index (Phi) is 8.92. The lowest BCUT2D eigenvalue weighted by Gasteiger charge is -2.58. The first kappa shape index (κ1) is 34.0. The molecule has 8 heteroatoms. The number of amides is 2. The molecule has 3 saturated carbocycles. The number of fused-ring (bicyclic) bond motifs is 7. The van der Waals surface area contributed by atoms with Crippen molar-refractivity contribution in [3.63, 3.8) is 0 Å². The van der Waals surface area contributed by atoms with Crippen molar-refractivity contribution in [1.82, 2.24) is 10.6 Å². The predicted octanol–water partition coefficient (Wildman–Crippen LogP) is 6.69. The molecule has 8 nitrogen and oxygen atoms in total. The number of nitrogens with one attached hydrogen (secondary N) is 2. The first-order valence-electron chi connectivity index (χ1n) is 19.9. The minimum atomic E-state index is -0.610. The summed E-state index contributed by atoms with van der Waals surface area (Å²) in [6, 6.07) is 3.78. The van der Waals surface area contributed by atoms with E-state index in [9.17, 15) is 19.5 Å². The highest BCUT2D eigenvalue weighted by atomic mass is 16.4. The van der Waals surface area contributed by atoms with Crippen LogP contribution in [0.25, 0.3) is 11.0 Å². The van der Waals surface area contributed by atoms with E-state index in [1.54, 1.807) is 6.07 Å². The minimum Gasteiger partial charge on any atom is -0.422 e. The normalized spacial score (nSPS) is 33.4. The van der Waals surface area contributed by atoms with Gasteiger partial charge >= 0.3 is 5.63 Å². The maximum atomic E-state index is 13.1. The van der Waals surface area contributed by atoms with Crippen LogP contribution in [-0.2, 0) is 17.6 Å². The lowest BCUT2D eigenvalue weighted by molar-refractivity contribution is -0.121. The molecule has 8 atom stereocenters. The Hall–Kier alpha value is -3.13. The number of benzene rings is 1. The Bertz CT molecular complexity index is 1760. The van der Waals surface area contributed by atoms with Crippen molar-refractivity contribution in [2.45, 2.75) is 117 Å². The summed E-state index contributed by atoms with van der Waals surface area (Å²) in [5.41, 5.74) is 5.79. The molecule has 4 aliphatic carbocycles. The van der Waals surface area contributed by atoms with Gasteiger partial charge in [-0.3, -0.25) is 9.59 Å². The van der Waals surface area contributed by atoms with Crippen molar-refractivity contribution < 1.29 is 19.1 Å². The summed E-state index contributed by atoms with van der Waals surface area (Å²) in [6.45, 7) is 10.1. The molecule has 3 fully saturated rings. The number of hydrogen-bond donors (Lipinski definition) is 3. The predicted molar refractivity (Wildman–Crippen MR) is 196 cm³/mol. The number of hydrogen-bond acceptors (Lipinski definition) is 6. The quantitative estimate of drug-likeness (QED) is 0.162. The molecule has 2 aromatic rings. The van der Waals surface area contributed by atoms with Gasteiger partial charge in [0, 0.05) is 49.2 Å². The van der Waals surface area contributed by atoms with Crippen molar-refractivity contribution in [3.05, 3.63) is 50.9 Å². The molecule has 1 aromatic carbocycles. The average Bonchev–Trinajstić information content (AvgIpc) is 3.47. The molecule has 0 spiro atoms. The van der Waals surface area contributed by atoms with Crippen LogP contribution in [0.3, 0.4) is 0 Å². The zero-order valence-corrected chi connectivity index (χ0v) is 30.5. The van der Waals surface area contributed by atoms with Crippen molar-refractivity contribution in [1.29, 1.82) is 0 Å². The van der Waals surface area contributed by atoms with E-state index in [2.05, 4.69) is 48.4 Å². The third-order valence-corrected chi connectivity index (χ3v) is 14.9. The fourth-order valence-electron chi connectivity index (χ4n) is 12.3. The second-order valence-corrected chi connectivity index (χ2v) is 17.4.